The lowest BCUT2D eigenvalue weighted by atomic mass is 10.1. The van der Waals surface area contributed by atoms with Crippen LogP contribution in [0.15, 0.2) is 0 Å². The molecule has 0 spiro atoms. The highest BCUT2D eigenvalue weighted by molar-refractivity contribution is 5.83. The van der Waals surface area contributed by atoms with E-state index in [1.165, 1.54) is 0 Å². The van der Waals surface area contributed by atoms with Gasteiger partial charge in [0.05, 0.1) is 12.6 Å². The van der Waals surface area contributed by atoms with Crippen LogP contribution in [0.4, 0.5) is 0 Å². The second kappa shape index (κ2) is 6.31. The van der Waals surface area contributed by atoms with Crippen molar-refractivity contribution in [2.24, 2.45) is 0 Å². The highest BCUT2D eigenvalue weighted by Crippen LogP contribution is 1.90. The number of aliphatic hydroxyl groups is 1. The van der Waals surface area contributed by atoms with Crippen molar-refractivity contribution in [3.63, 3.8) is 0 Å². The summed E-state index contributed by atoms with van der Waals surface area (Å²) in [5.41, 5.74) is 0. The van der Waals surface area contributed by atoms with Gasteiger partial charge in [-0.15, -0.1) is 0 Å². The molecule has 0 saturated heterocycles. The van der Waals surface area contributed by atoms with Crippen molar-refractivity contribution in [3.05, 3.63) is 0 Å². The summed E-state index contributed by atoms with van der Waals surface area (Å²) in [5.74, 6) is 0.0842. The predicted molar refractivity (Wildman–Crippen MR) is 44.5 cm³/mol. The fourth-order valence-electron chi connectivity index (χ4n) is 0.845. The number of hydrogen-bond acceptors (Lipinski definition) is 3. The lowest BCUT2D eigenvalue weighted by Gasteiger charge is -2.12. The number of nitrogens with one attached hydrogen (secondary N) is 1. The Labute approximate surface area is 67.8 Å². The maximum absolute atomic E-state index is 11.0. The van der Waals surface area contributed by atoms with E-state index in [0.717, 1.165) is 13.0 Å². The number of Topliss-reactive ketones (excluding diaryl/α,β-unsaturated/α-hetero) is 1. The quantitative estimate of drug-likeness (QED) is 0.587. The second-order valence-electron chi connectivity index (χ2n) is 2.51. The lowest BCUT2D eigenvalue weighted by Crippen LogP contribution is -2.39. The van der Waals surface area contributed by atoms with Gasteiger partial charge in [0, 0.05) is 6.42 Å². The van der Waals surface area contributed by atoms with E-state index >= 15 is 0 Å². The molecule has 11 heavy (non-hydrogen) atoms. The molecule has 0 radical (unpaired) electrons. The van der Waals surface area contributed by atoms with Gasteiger partial charge in [0.1, 0.15) is 0 Å². The van der Waals surface area contributed by atoms with Gasteiger partial charge < -0.3 is 10.4 Å². The van der Waals surface area contributed by atoms with Crippen LogP contribution in [0.25, 0.3) is 0 Å². The fourth-order valence-corrected chi connectivity index (χ4v) is 0.845. The highest BCUT2D eigenvalue weighted by Gasteiger charge is 2.12. The largest absolute Gasteiger partial charge is 0.394 e. The molecule has 66 valence electrons. The van der Waals surface area contributed by atoms with Crippen molar-refractivity contribution in [2.75, 3.05) is 13.2 Å². The molecule has 0 amide bonds. The molecular weight excluding hydrogens is 142 g/mol. The Morgan fingerprint density at radius 1 is 1.55 bits per heavy atom. The molecule has 3 nitrogen and oxygen atoms in total. The van der Waals surface area contributed by atoms with Crippen LogP contribution in [0.5, 0.6) is 0 Å². The smallest absolute Gasteiger partial charge is 0.151 e. The average Bonchev–Trinajstić information content (AvgIpc) is 2.05. The van der Waals surface area contributed by atoms with Crippen molar-refractivity contribution in [1.29, 1.82) is 0 Å². The van der Waals surface area contributed by atoms with Gasteiger partial charge in [-0.05, 0) is 13.0 Å². The van der Waals surface area contributed by atoms with Gasteiger partial charge in [0.15, 0.2) is 5.78 Å². The molecule has 0 aliphatic rings. The van der Waals surface area contributed by atoms with Gasteiger partial charge >= 0.3 is 0 Å². The molecule has 0 aromatic heterocycles. The molecule has 0 saturated carbocycles. The topological polar surface area (TPSA) is 49.3 Å². The van der Waals surface area contributed by atoms with Crippen molar-refractivity contribution in [1.82, 2.24) is 5.32 Å². The number of carbonyl (C=O) groups is 1. The molecule has 0 heterocycles. The molecule has 0 bridgehead atoms. The maximum Gasteiger partial charge on any atom is 0.151 e. The standard InChI is InChI=1S/C8H17NO2/c1-3-5-9-7(6-10)8(11)4-2/h7,9-10H,3-6H2,1-2H3/t7-/m0/s1. The molecule has 0 fully saturated rings. The van der Waals surface area contributed by atoms with Crippen molar-refractivity contribution in [2.45, 2.75) is 32.7 Å². The van der Waals surface area contributed by atoms with Crippen molar-refractivity contribution >= 4 is 5.78 Å². The summed E-state index contributed by atoms with van der Waals surface area (Å²) < 4.78 is 0. The first-order chi connectivity index (χ1) is 5.26. The van der Waals surface area contributed by atoms with E-state index in [9.17, 15) is 4.79 Å². The monoisotopic (exact) mass is 159 g/mol. The molecule has 0 aromatic carbocycles. The molecule has 2 N–H and O–H groups in total. The van der Waals surface area contributed by atoms with Crippen LogP contribution in [-0.4, -0.2) is 30.1 Å². The number of aliphatic hydroxyl groups excluding tert-OH is 1. The minimum atomic E-state index is -0.347. The average molecular weight is 159 g/mol. The SMILES string of the molecule is CCCN[C@@H](CO)C(=O)CC. The zero-order valence-electron chi connectivity index (χ0n) is 7.26. The summed E-state index contributed by atoms with van der Waals surface area (Å²) >= 11 is 0. The Bertz CT molecular complexity index is 115. The summed E-state index contributed by atoms with van der Waals surface area (Å²) in [5, 5.41) is 11.7. The highest BCUT2D eigenvalue weighted by atomic mass is 16.3. The number of carbonyl (C=O) groups excluding carboxylic acids is 1. The van der Waals surface area contributed by atoms with Gasteiger partial charge in [-0.2, -0.15) is 0 Å². The molecule has 0 aliphatic carbocycles. The third-order valence-corrected chi connectivity index (χ3v) is 1.56. The van der Waals surface area contributed by atoms with Gasteiger partial charge in [-0.1, -0.05) is 13.8 Å². The third-order valence-electron chi connectivity index (χ3n) is 1.56. The normalized spacial score (nSPS) is 13.0. The van der Waals surface area contributed by atoms with Crippen LogP contribution in [0.1, 0.15) is 26.7 Å². The van der Waals surface area contributed by atoms with Crippen LogP contribution in [0.3, 0.4) is 0 Å². The van der Waals surface area contributed by atoms with Crippen LogP contribution in [0.2, 0.25) is 0 Å². The summed E-state index contributed by atoms with van der Waals surface area (Å²) in [6.07, 6.45) is 1.47. The van der Waals surface area contributed by atoms with E-state index in [2.05, 4.69) is 5.32 Å². The number of hydrogen-bond donors (Lipinski definition) is 2. The van der Waals surface area contributed by atoms with Crippen LogP contribution in [0, 0.1) is 0 Å². The van der Waals surface area contributed by atoms with Crippen molar-refractivity contribution < 1.29 is 9.90 Å². The maximum atomic E-state index is 11.0. The lowest BCUT2D eigenvalue weighted by molar-refractivity contribution is -0.121. The van der Waals surface area contributed by atoms with E-state index in [-0.39, 0.29) is 18.4 Å². The Morgan fingerprint density at radius 3 is 2.55 bits per heavy atom. The minimum Gasteiger partial charge on any atom is -0.394 e. The van der Waals surface area contributed by atoms with E-state index in [0.29, 0.717) is 6.42 Å². The van der Waals surface area contributed by atoms with Crippen LogP contribution in [-0.2, 0) is 4.79 Å². The van der Waals surface area contributed by atoms with E-state index in [4.69, 9.17) is 5.11 Å². The molecule has 0 unspecified atom stereocenters. The van der Waals surface area contributed by atoms with Gasteiger partial charge in [0.25, 0.3) is 0 Å². The summed E-state index contributed by atoms with van der Waals surface area (Å²) in [6.45, 7) is 4.53. The first-order valence-electron chi connectivity index (χ1n) is 4.13. The zero-order valence-corrected chi connectivity index (χ0v) is 7.26. The minimum absolute atomic E-state index is 0.0842. The third kappa shape index (κ3) is 4.11. The Kier molecular flexibility index (Phi) is 6.07. The van der Waals surface area contributed by atoms with Crippen LogP contribution < -0.4 is 5.32 Å². The molecule has 0 aliphatic heterocycles. The summed E-state index contributed by atoms with van der Waals surface area (Å²) in [4.78, 5) is 11.0. The molecule has 3 heteroatoms. The Balaban J connectivity index is 3.65. The summed E-state index contributed by atoms with van der Waals surface area (Å²) in [7, 11) is 0. The van der Waals surface area contributed by atoms with Gasteiger partial charge in [0.2, 0.25) is 0 Å². The Hall–Kier alpha value is -0.410. The fraction of sp³-hybridized carbons (Fsp3) is 0.875. The zero-order chi connectivity index (χ0) is 8.69. The van der Waals surface area contributed by atoms with E-state index < -0.39 is 0 Å². The molecule has 0 rings (SSSR count). The van der Waals surface area contributed by atoms with Crippen LogP contribution >= 0.6 is 0 Å². The van der Waals surface area contributed by atoms with E-state index in [1.807, 2.05) is 6.92 Å². The molecule has 1 atom stereocenters. The number of ketones is 1. The summed E-state index contributed by atoms with van der Waals surface area (Å²) in [6, 6.07) is -0.347. The molecule has 0 aromatic rings. The molecular formula is C8H17NO2. The Morgan fingerprint density at radius 2 is 2.18 bits per heavy atom. The van der Waals surface area contributed by atoms with E-state index in [1.54, 1.807) is 6.92 Å². The van der Waals surface area contributed by atoms with Gasteiger partial charge in [-0.3, -0.25) is 4.79 Å². The predicted octanol–water partition coefficient (Wildman–Crippen LogP) is 0.326. The first kappa shape index (κ1) is 10.6. The first-order valence-corrected chi connectivity index (χ1v) is 4.13. The van der Waals surface area contributed by atoms with Gasteiger partial charge in [-0.25, -0.2) is 0 Å². The number of rotatable bonds is 6. The second-order valence-corrected chi connectivity index (χ2v) is 2.51. The van der Waals surface area contributed by atoms with Crippen molar-refractivity contribution in [3.8, 4) is 0 Å².